The van der Waals surface area contributed by atoms with Crippen LogP contribution in [0.15, 0.2) is 182 Å². The van der Waals surface area contributed by atoms with E-state index in [1.807, 2.05) is 11.3 Å². The predicted octanol–water partition coefficient (Wildman–Crippen LogP) is 13.4. The fourth-order valence-corrected chi connectivity index (χ4v) is 8.63. The Morgan fingerprint density at radius 1 is 0.388 bits per heavy atom. The Balaban J connectivity index is 1.11. The van der Waals surface area contributed by atoms with Gasteiger partial charge >= 0.3 is 0 Å². The molecule has 230 valence electrons. The molecule has 10 aromatic rings. The zero-order valence-corrected chi connectivity index (χ0v) is 27.4. The predicted molar refractivity (Wildman–Crippen MR) is 211 cm³/mol. The Hall–Kier alpha value is -6.16. The molecule has 0 atom stereocenters. The van der Waals surface area contributed by atoms with Gasteiger partial charge in [-0.15, -0.1) is 11.3 Å². The quantitative estimate of drug-likeness (QED) is 0.181. The third-order valence-corrected chi connectivity index (χ3v) is 10.9. The standard InChI is InChI=1S/C46H30N2S/c1-2-13-34(14-3-1)48-43-18-8-6-16-38(43)41-29-33(23-28-44(41)48)31-21-24-35(25-22-31)47(42-19-10-12-32-11-4-5-15-37(32)42)36-26-27-40-39-17-7-9-20-45(39)49-46(40)30-36/h1-30H. The van der Waals surface area contributed by atoms with E-state index in [-0.39, 0.29) is 0 Å². The largest absolute Gasteiger partial charge is 0.310 e. The molecule has 49 heavy (non-hydrogen) atoms. The van der Waals surface area contributed by atoms with Gasteiger partial charge in [-0.25, -0.2) is 0 Å². The second-order valence-electron chi connectivity index (χ2n) is 12.6. The van der Waals surface area contributed by atoms with E-state index in [1.165, 1.54) is 75.3 Å². The molecule has 8 aromatic carbocycles. The summed E-state index contributed by atoms with van der Waals surface area (Å²) in [5, 5.41) is 7.60. The maximum atomic E-state index is 2.41. The highest BCUT2D eigenvalue weighted by Crippen LogP contribution is 2.43. The van der Waals surface area contributed by atoms with E-state index in [0.717, 1.165) is 11.4 Å². The van der Waals surface area contributed by atoms with Gasteiger partial charge in [-0.05, 0) is 83.2 Å². The second-order valence-corrected chi connectivity index (χ2v) is 13.7. The highest BCUT2D eigenvalue weighted by atomic mass is 32.1. The normalized spacial score (nSPS) is 11.7. The number of para-hydroxylation sites is 2. The number of anilines is 3. The van der Waals surface area contributed by atoms with E-state index in [2.05, 4.69) is 191 Å². The van der Waals surface area contributed by atoms with Crippen LogP contribution in [0.5, 0.6) is 0 Å². The summed E-state index contributed by atoms with van der Waals surface area (Å²) >= 11 is 1.86. The number of aromatic nitrogens is 1. The molecule has 0 fully saturated rings. The van der Waals surface area contributed by atoms with Gasteiger partial charge in [-0.3, -0.25) is 0 Å². The average molecular weight is 643 g/mol. The first-order chi connectivity index (χ1) is 24.3. The molecule has 10 rings (SSSR count). The molecule has 0 amide bonds. The van der Waals surface area contributed by atoms with Crippen molar-refractivity contribution in [3.05, 3.63) is 182 Å². The van der Waals surface area contributed by atoms with Crippen molar-refractivity contribution < 1.29 is 0 Å². The molecule has 0 radical (unpaired) electrons. The van der Waals surface area contributed by atoms with Crippen LogP contribution in [-0.2, 0) is 0 Å². The minimum atomic E-state index is 1.13. The van der Waals surface area contributed by atoms with E-state index in [0.29, 0.717) is 0 Å². The molecule has 0 saturated heterocycles. The van der Waals surface area contributed by atoms with E-state index >= 15 is 0 Å². The maximum absolute atomic E-state index is 2.41. The molecule has 3 heteroatoms. The van der Waals surface area contributed by atoms with Crippen LogP contribution < -0.4 is 4.90 Å². The first-order valence-electron chi connectivity index (χ1n) is 16.7. The van der Waals surface area contributed by atoms with Gasteiger partial charge < -0.3 is 9.47 Å². The van der Waals surface area contributed by atoms with Crippen LogP contribution in [0.4, 0.5) is 17.1 Å². The highest BCUT2D eigenvalue weighted by molar-refractivity contribution is 7.25. The van der Waals surface area contributed by atoms with Gasteiger partial charge in [-0.2, -0.15) is 0 Å². The summed E-state index contributed by atoms with van der Waals surface area (Å²) in [5.41, 5.74) is 9.46. The lowest BCUT2D eigenvalue weighted by Crippen LogP contribution is -2.10. The molecule has 0 aliphatic heterocycles. The van der Waals surface area contributed by atoms with Crippen molar-refractivity contribution in [1.29, 1.82) is 0 Å². The van der Waals surface area contributed by atoms with Crippen LogP contribution >= 0.6 is 11.3 Å². The average Bonchev–Trinajstić information content (AvgIpc) is 3.71. The van der Waals surface area contributed by atoms with Crippen molar-refractivity contribution in [3.63, 3.8) is 0 Å². The van der Waals surface area contributed by atoms with Crippen LogP contribution in [0.2, 0.25) is 0 Å². The molecule has 0 saturated carbocycles. The fourth-order valence-electron chi connectivity index (χ4n) is 7.49. The summed E-state index contributed by atoms with van der Waals surface area (Å²) in [4.78, 5) is 2.41. The Bertz CT molecular complexity index is 2820. The summed E-state index contributed by atoms with van der Waals surface area (Å²) < 4.78 is 4.98. The van der Waals surface area contributed by atoms with Gasteiger partial charge in [0.25, 0.3) is 0 Å². The molecule has 2 heterocycles. The molecule has 0 unspecified atom stereocenters. The Labute approximate surface area is 288 Å². The summed E-state index contributed by atoms with van der Waals surface area (Å²) in [6.45, 7) is 0. The minimum Gasteiger partial charge on any atom is -0.310 e. The molecule has 2 nitrogen and oxygen atoms in total. The van der Waals surface area contributed by atoms with Crippen LogP contribution in [0.3, 0.4) is 0 Å². The van der Waals surface area contributed by atoms with E-state index in [9.17, 15) is 0 Å². The lowest BCUT2D eigenvalue weighted by atomic mass is 10.0. The molecule has 0 bridgehead atoms. The van der Waals surface area contributed by atoms with Crippen LogP contribution in [-0.4, -0.2) is 4.57 Å². The molecule has 0 spiro atoms. The highest BCUT2D eigenvalue weighted by Gasteiger charge is 2.18. The van der Waals surface area contributed by atoms with Crippen molar-refractivity contribution in [2.75, 3.05) is 4.90 Å². The first-order valence-corrected chi connectivity index (χ1v) is 17.5. The molecule has 0 N–H and O–H groups in total. The van der Waals surface area contributed by atoms with Crippen LogP contribution in [0.1, 0.15) is 0 Å². The zero-order chi connectivity index (χ0) is 32.3. The smallest absolute Gasteiger partial charge is 0.0541 e. The number of benzene rings is 8. The third kappa shape index (κ3) is 4.55. The number of fused-ring (bicyclic) bond motifs is 7. The molecule has 2 aromatic heterocycles. The number of hydrogen-bond donors (Lipinski definition) is 0. The van der Waals surface area contributed by atoms with Gasteiger partial charge in [0.1, 0.15) is 0 Å². The Morgan fingerprint density at radius 2 is 1.04 bits per heavy atom. The number of nitrogens with zero attached hydrogens (tertiary/aromatic N) is 2. The van der Waals surface area contributed by atoms with Crippen molar-refractivity contribution in [2.24, 2.45) is 0 Å². The summed E-state index contributed by atoms with van der Waals surface area (Å²) in [6, 6.07) is 66.2. The van der Waals surface area contributed by atoms with E-state index < -0.39 is 0 Å². The van der Waals surface area contributed by atoms with Crippen molar-refractivity contribution in [3.8, 4) is 16.8 Å². The summed E-state index contributed by atoms with van der Waals surface area (Å²) in [6.07, 6.45) is 0. The lowest BCUT2D eigenvalue weighted by molar-refractivity contribution is 1.18. The lowest BCUT2D eigenvalue weighted by Gasteiger charge is -2.27. The molecular formula is C46H30N2S. The summed E-state index contributed by atoms with van der Waals surface area (Å²) in [5.74, 6) is 0. The molecule has 0 aliphatic rings. The Morgan fingerprint density at radius 3 is 1.92 bits per heavy atom. The van der Waals surface area contributed by atoms with Crippen LogP contribution in [0.25, 0.3) is 69.6 Å². The molecular weight excluding hydrogens is 613 g/mol. The van der Waals surface area contributed by atoms with Gasteiger partial charge in [0, 0.05) is 53.4 Å². The van der Waals surface area contributed by atoms with Crippen LogP contribution in [0, 0.1) is 0 Å². The fraction of sp³-hybridized carbons (Fsp3) is 0. The second kappa shape index (κ2) is 11.2. The van der Waals surface area contributed by atoms with Gasteiger partial charge in [0.15, 0.2) is 0 Å². The van der Waals surface area contributed by atoms with Crippen molar-refractivity contribution in [1.82, 2.24) is 4.57 Å². The molecule has 0 aliphatic carbocycles. The minimum absolute atomic E-state index is 1.13. The monoisotopic (exact) mass is 642 g/mol. The number of hydrogen-bond acceptors (Lipinski definition) is 2. The number of rotatable bonds is 5. The van der Waals surface area contributed by atoms with Crippen molar-refractivity contribution >= 4 is 81.1 Å². The third-order valence-electron chi connectivity index (χ3n) is 9.77. The first kappa shape index (κ1) is 27.9. The van der Waals surface area contributed by atoms with Gasteiger partial charge in [0.05, 0.1) is 16.7 Å². The van der Waals surface area contributed by atoms with E-state index in [1.54, 1.807) is 0 Å². The van der Waals surface area contributed by atoms with Gasteiger partial charge in [0.2, 0.25) is 0 Å². The Kier molecular flexibility index (Phi) is 6.39. The van der Waals surface area contributed by atoms with E-state index in [4.69, 9.17) is 0 Å². The van der Waals surface area contributed by atoms with Gasteiger partial charge in [-0.1, -0.05) is 115 Å². The van der Waals surface area contributed by atoms with Crippen molar-refractivity contribution in [2.45, 2.75) is 0 Å². The SMILES string of the molecule is c1ccc(-n2c3ccccc3c3cc(-c4ccc(N(c5ccc6c(c5)sc5ccccc56)c5cccc6ccccc56)cc4)ccc32)cc1. The maximum Gasteiger partial charge on any atom is 0.0541 e. The zero-order valence-electron chi connectivity index (χ0n) is 26.6. The summed E-state index contributed by atoms with van der Waals surface area (Å²) in [7, 11) is 0. The topological polar surface area (TPSA) is 8.17 Å². The number of thiophene rings is 1.